The van der Waals surface area contributed by atoms with Crippen LogP contribution in [0.4, 0.5) is 0 Å². The Morgan fingerprint density at radius 1 is 0.621 bits per heavy atom. The Morgan fingerprint density at radius 2 is 1.16 bits per heavy atom. The summed E-state index contributed by atoms with van der Waals surface area (Å²) < 4.78 is 5.49. The number of hydrogen-bond acceptors (Lipinski definition) is 23. The fourth-order valence-electron chi connectivity index (χ4n) is 9.42. The van der Waals surface area contributed by atoms with E-state index in [9.17, 15) is 113 Å². The Bertz CT molecular complexity index is 3070. The minimum absolute atomic E-state index is 0.120. The van der Waals surface area contributed by atoms with Gasteiger partial charge in [-0.05, 0) is 51.2 Å². The molecule has 2 heterocycles. The average Bonchev–Trinajstić information content (AvgIpc) is 1.79. The molecule has 95 heavy (non-hydrogen) atoms. The Kier molecular flexibility index (Phi) is 32.5. The van der Waals surface area contributed by atoms with Crippen LogP contribution in [0.15, 0.2) is 30.5 Å². The molecular weight excluding hydrogens is 1260 g/mol. The fraction of sp³-hybridized carbons (Fsp3) is 0.596. The Morgan fingerprint density at radius 3 is 1.74 bits per heavy atom. The SMILES string of the molecule is CCCCC1NC(=O)CNC(=O)C(NC(=O)C(CC(=O)O)NC(=O)C(CC(N)=O)NC(=O)C(C)Cc2c[nH]c3ccccc23)C(C)OC(=O)C(C)NC(=O)C(C(C)CC(O)O)NC(=O)C(CO)NC(=O)CNC(=O)C(CC(O)O)NC(=O)C(C)NC(=O)C(CC(O)O)NC1=O. The van der Waals surface area contributed by atoms with Gasteiger partial charge >= 0.3 is 11.9 Å². The highest BCUT2D eigenvalue weighted by molar-refractivity contribution is 6.00. The van der Waals surface area contributed by atoms with E-state index in [4.69, 9.17) is 10.5 Å². The van der Waals surface area contributed by atoms with Gasteiger partial charge in [0.25, 0.3) is 0 Å². The lowest BCUT2D eigenvalue weighted by atomic mass is 9.96. The number of aliphatic carboxylic acids is 1. The molecule has 0 bridgehead atoms. The summed E-state index contributed by atoms with van der Waals surface area (Å²) in [7, 11) is 0. The third-order valence-corrected chi connectivity index (χ3v) is 14.6. The number of primary amides is 1. The van der Waals surface area contributed by atoms with Crippen molar-refractivity contribution < 1.29 is 118 Å². The first-order valence-corrected chi connectivity index (χ1v) is 30.1. The van der Waals surface area contributed by atoms with Gasteiger partial charge in [0.05, 0.1) is 32.5 Å². The van der Waals surface area contributed by atoms with Crippen LogP contribution in [0.5, 0.6) is 0 Å². The quantitative estimate of drug-likeness (QED) is 0.0363. The third-order valence-electron chi connectivity index (χ3n) is 14.6. The lowest BCUT2D eigenvalue weighted by Gasteiger charge is -2.29. The molecular formula is C57H86N14O24. The number of carbonyl (C=O) groups is 15. The summed E-state index contributed by atoms with van der Waals surface area (Å²) >= 11 is 0. The Balaban J connectivity index is 2.10. The van der Waals surface area contributed by atoms with Crippen LogP contribution in [0.25, 0.3) is 10.9 Å². The minimum Gasteiger partial charge on any atom is -0.481 e. The number of benzene rings is 1. The highest BCUT2D eigenvalue weighted by atomic mass is 16.5. The van der Waals surface area contributed by atoms with Crippen molar-refractivity contribution in [3.8, 4) is 0 Å². The lowest BCUT2D eigenvalue weighted by Crippen LogP contribution is -2.61. The summed E-state index contributed by atoms with van der Waals surface area (Å²) in [5, 5.41) is 106. The number of carbonyl (C=O) groups excluding carboxylic acids is 14. The summed E-state index contributed by atoms with van der Waals surface area (Å²) in [5.74, 6) is -21.3. The largest absolute Gasteiger partial charge is 0.481 e. The van der Waals surface area contributed by atoms with Crippen molar-refractivity contribution in [1.29, 1.82) is 0 Å². The van der Waals surface area contributed by atoms with E-state index in [0.29, 0.717) is 12.0 Å². The standard InChI is InChI=1S/C57H86N14O24/c1-7-8-12-32-50(87)68-35(18-43(80)81)51(88)62-26(4)48(85)67-34(17-42(78)79)49(86)60-21-40(75)65-37(23-72)54(91)70-45(24(2)15-41(76)77)56(93)63-27(5)57(94)95-28(6)46(55(92)61-22-39(74)64-32)71-53(90)36(19-44(82)83)69-52(89)33(16-38(58)73)66-47(84)25(3)14-29-20-59-31-13-10-9-11-30(29)31/h9-11,13,20,24-28,32-37,41-43,45-46,59,72,76-81H,7-8,12,14-19,21-23H2,1-6H3,(H2,58,73)(H,60,86)(H,61,92)(H,62,88)(H,63,93)(H,64,74)(H,65,75)(H,66,84)(H,67,85)(H,68,87)(H,69,89)(H,70,91)(H,71,90)(H,82,83). The third kappa shape index (κ3) is 26.8. The second-order valence-corrected chi connectivity index (χ2v) is 22.7. The lowest BCUT2D eigenvalue weighted by molar-refractivity contribution is -0.156. The molecule has 528 valence electrons. The van der Waals surface area contributed by atoms with Gasteiger partial charge in [-0.2, -0.15) is 0 Å². The number of H-pyrrole nitrogens is 1. The number of hydrogen-bond donors (Lipinski definition) is 22. The van der Waals surface area contributed by atoms with Crippen LogP contribution in [-0.2, 0) is 83.1 Å². The van der Waals surface area contributed by atoms with Gasteiger partial charge in [-0.25, -0.2) is 4.79 Å². The van der Waals surface area contributed by atoms with Crippen molar-refractivity contribution in [3.63, 3.8) is 0 Å². The van der Waals surface area contributed by atoms with Crippen LogP contribution >= 0.6 is 0 Å². The van der Waals surface area contributed by atoms with Crippen molar-refractivity contribution in [1.82, 2.24) is 68.8 Å². The van der Waals surface area contributed by atoms with Crippen molar-refractivity contribution in [2.24, 2.45) is 17.6 Å². The Labute approximate surface area is 542 Å². The van der Waals surface area contributed by atoms with Crippen molar-refractivity contribution in [2.75, 3.05) is 19.7 Å². The van der Waals surface area contributed by atoms with Crippen molar-refractivity contribution in [2.45, 2.75) is 185 Å². The van der Waals surface area contributed by atoms with Gasteiger partial charge in [0.2, 0.25) is 76.8 Å². The number of aromatic amines is 1. The number of para-hydroxylation sites is 1. The molecule has 38 heteroatoms. The zero-order chi connectivity index (χ0) is 71.6. The van der Waals surface area contributed by atoms with Crippen LogP contribution in [0.1, 0.15) is 98.5 Å². The highest BCUT2D eigenvalue weighted by Gasteiger charge is 2.39. The van der Waals surface area contributed by atoms with Gasteiger partial charge in [0.1, 0.15) is 66.5 Å². The van der Waals surface area contributed by atoms with Crippen LogP contribution < -0.4 is 69.5 Å². The average molecular weight is 1350 g/mol. The number of aliphatic hydroxyl groups is 7. The zero-order valence-electron chi connectivity index (χ0n) is 52.8. The minimum atomic E-state index is -2.30. The van der Waals surface area contributed by atoms with Gasteiger partial charge in [-0.1, -0.05) is 51.8 Å². The van der Waals surface area contributed by atoms with Crippen molar-refractivity contribution >= 4 is 99.6 Å². The number of ether oxygens (including phenoxy) is 1. The zero-order valence-corrected chi connectivity index (χ0v) is 52.8. The first-order chi connectivity index (χ1) is 44.5. The topological polar surface area (TPSA) is 613 Å². The first-order valence-electron chi connectivity index (χ1n) is 30.1. The van der Waals surface area contributed by atoms with Gasteiger partial charge in [-0.15, -0.1) is 0 Å². The fourth-order valence-corrected chi connectivity index (χ4v) is 9.42. The molecule has 38 nitrogen and oxygen atoms in total. The molecule has 1 saturated heterocycles. The number of unbranched alkanes of at least 4 members (excludes halogenated alkanes) is 1. The van der Waals surface area contributed by atoms with Crippen LogP contribution in [0.3, 0.4) is 0 Å². The smallest absolute Gasteiger partial charge is 0.328 e. The van der Waals surface area contributed by atoms with Crippen LogP contribution in [0.2, 0.25) is 0 Å². The molecule has 1 aliphatic rings. The molecule has 1 fully saturated rings. The number of nitrogens with one attached hydrogen (secondary N) is 13. The number of amides is 13. The second-order valence-electron chi connectivity index (χ2n) is 22.7. The molecule has 13 atom stereocenters. The summed E-state index contributed by atoms with van der Waals surface area (Å²) in [6, 6.07) is -11.7. The maximum atomic E-state index is 14.3. The summed E-state index contributed by atoms with van der Waals surface area (Å²) in [6.45, 7) is 4.15. The summed E-state index contributed by atoms with van der Waals surface area (Å²) in [4.78, 5) is 206. The van der Waals surface area contributed by atoms with Crippen molar-refractivity contribution in [3.05, 3.63) is 36.0 Å². The van der Waals surface area contributed by atoms with E-state index in [1.807, 2.05) is 0 Å². The molecule has 13 unspecified atom stereocenters. The number of nitrogens with two attached hydrogens (primary N) is 1. The monoisotopic (exact) mass is 1350 g/mol. The predicted octanol–water partition coefficient (Wildman–Crippen LogP) is -9.32. The van der Waals surface area contributed by atoms with Gasteiger partial charge in [-0.3, -0.25) is 67.1 Å². The van der Waals surface area contributed by atoms with Gasteiger partial charge in [0, 0.05) is 42.3 Å². The molecule has 1 aromatic carbocycles. The molecule has 1 aromatic heterocycles. The molecule has 0 saturated carbocycles. The highest BCUT2D eigenvalue weighted by Crippen LogP contribution is 2.21. The number of carboxylic acids is 1. The van der Waals surface area contributed by atoms with E-state index in [-0.39, 0.29) is 19.3 Å². The van der Waals surface area contributed by atoms with Gasteiger partial charge in [0.15, 0.2) is 18.9 Å². The molecule has 1 aliphatic heterocycles. The Hall–Kier alpha value is -9.47. The number of rotatable bonds is 23. The number of carboxylic acid groups (broad SMARTS) is 1. The molecule has 0 radical (unpaired) electrons. The maximum Gasteiger partial charge on any atom is 0.328 e. The van der Waals surface area contributed by atoms with Gasteiger partial charge < -0.3 is 120 Å². The van der Waals surface area contributed by atoms with Crippen LogP contribution in [-0.4, -0.2) is 240 Å². The van der Waals surface area contributed by atoms with Crippen LogP contribution in [0, 0.1) is 11.8 Å². The number of fused-ring (bicyclic) bond motifs is 1. The van der Waals surface area contributed by atoms with E-state index in [1.165, 1.54) is 13.8 Å². The van der Waals surface area contributed by atoms with E-state index in [0.717, 1.165) is 31.7 Å². The number of aromatic nitrogens is 1. The molecule has 3 rings (SSSR count). The maximum absolute atomic E-state index is 14.3. The van der Waals surface area contributed by atoms with E-state index in [1.54, 1.807) is 37.4 Å². The first kappa shape index (κ1) is 79.8. The molecule has 2 aromatic rings. The molecule has 0 spiro atoms. The summed E-state index contributed by atoms with van der Waals surface area (Å²) in [6.07, 6.45) is -11.1. The van der Waals surface area contributed by atoms with E-state index in [2.05, 4.69) is 68.8 Å². The molecule has 23 N–H and O–H groups in total. The number of esters is 1. The summed E-state index contributed by atoms with van der Waals surface area (Å²) in [5.41, 5.74) is 6.91. The normalized spacial score (nSPS) is 23.6. The second kappa shape index (κ2) is 38.7. The van der Waals surface area contributed by atoms with E-state index >= 15 is 0 Å². The van der Waals surface area contributed by atoms with E-state index < -0.39 is 238 Å². The molecule has 0 aliphatic carbocycles. The number of aliphatic hydroxyl groups excluding tert-OH is 4. The molecule has 13 amide bonds. The number of cyclic esters (lactones) is 1. The predicted molar refractivity (Wildman–Crippen MR) is 324 cm³/mol.